The van der Waals surface area contributed by atoms with Gasteiger partial charge in [-0.05, 0) is 20.3 Å². The van der Waals surface area contributed by atoms with Gasteiger partial charge in [-0.15, -0.1) is 0 Å². The van der Waals surface area contributed by atoms with Crippen molar-refractivity contribution in [3.8, 4) is 0 Å². The molecule has 0 saturated heterocycles. The molecule has 0 aromatic carbocycles. The van der Waals surface area contributed by atoms with Gasteiger partial charge in [0.15, 0.2) is 0 Å². The maximum Gasteiger partial charge on any atom is 0.348 e. The van der Waals surface area contributed by atoms with Gasteiger partial charge in [0.25, 0.3) is 0 Å². The SMILES string of the molecule is CCCC(=O)O[C@H](CC(=O)OCC)C(=O)OCC. The minimum atomic E-state index is -1.22. The van der Waals surface area contributed by atoms with Crippen LogP contribution in [0.1, 0.15) is 40.0 Å². The third kappa shape index (κ3) is 6.88. The van der Waals surface area contributed by atoms with E-state index < -0.39 is 24.0 Å². The fourth-order valence-corrected chi connectivity index (χ4v) is 1.20. The Balaban J connectivity index is 4.46. The van der Waals surface area contributed by atoms with Gasteiger partial charge in [-0.2, -0.15) is 0 Å². The van der Waals surface area contributed by atoms with Crippen molar-refractivity contribution >= 4 is 17.9 Å². The highest BCUT2D eigenvalue weighted by Crippen LogP contribution is 2.06. The van der Waals surface area contributed by atoms with Gasteiger partial charge in [0.05, 0.1) is 19.6 Å². The Labute approximate surface area is 107 Å². The van der Waals surface area contributed by atoms with Crippen molar-refractivity contribution in [2.24, 2.45) is 0 Å². The van der Waals surface area contributed by atoms with E-state index in [0.717, 1.165) is 0 Å². The smallest absolute Gasteiger partial charge is 0.348 e. The van der Waals surface area contributed by atoms with Gasteiger partial charge < -0.3 is 14.2 Å². The third-order valence-electron chi connectivity index (χ3n) is 1.93. The zero-order valence-electron chi connectivity index (χ0n) is 11.1. The number of esters is 3. The number of ether oxygens (including phenoxy) is 3. The van der Waals surface area contributed by atoms with Gasteiger partial charge >= 0.3 is 17.9 Å². The van der Waals surface area contributed by atoms with Crippen LogP contribution in [0.5, 0.6) is 0 Å². The Bertz CT molecular complexity index is 266. The van der Waals surface area contributed by atoms with E-state index in [2.05, 4.69) is 0 Å². The van der Waals surface area contributed by atoms with Crippen LogP contribution in [0.2, 0.25) is 0 Å². The second-order valence-electron chi connectivity index (χ2n) is 3.49. The molecule has 0 amide bonds. The number of carbonyl (C=O) groups is 3. The second-order valence-corrected chi connectivity index (χ2v) is 3.49. The molecule has 104 valence electrons. The zero-order chi connectivity index (χ0) is 14.0. The quantitative estimate of drug-likeness (QED) is 0.482. The van der Waals surface area contributed by atoms with Gasteiger partial charge in [-0.25, -0.2) is 4.79 Å². The molecule has 0 aliphatic rings. The third-order valence-corrected chi connectivity index (χ3v) is 1.93. The molecule has 0 N–H and O–H groups in total. The molecule has 0 aromatic rings. The van der Waals surface area contributed by atoms with Crippen LogP contribution in [-0.2, 0) is 28.6 Å². The summed E-state index contributed by atoms with van der Waals surface area (Å²) in [7, 11) is 0. The first-order chi connectivity index (χ1) is 8.54. The molecule has 0 radical (unpaired) electrons. The molecular formula is C12H20O6. The minimum Gasteiger partial charge on any atom is -0.466 e. The molecule has 6 heteroatoms. The molecule has 0 aliphatic carbocycles. The summed E-state index contributed by atoms with van der Waals surface area (Å²) in [6.45, 7) is 5.46. The van der Waals surface area contributed by atoms with Gasteiger partial charge in [0, 0.05) is 6.42 Å². The van der Waals surface area contributed by atoms with E-state index in [1.165, 1.54) is 0 Å². The Morgan fingerprint density at radius 3 is 2.06 bits per heavy atom. The predicted octanol–water partition coefficient (Wildman–Crippen LogP) is 1.21. The van der Waals surface area contributed by atoms with E-state index in [1.54, 1.807) is 13.8 Å². The minimum absolute atomic E-state index is 0.156. The summed E-state index contributed by atoms with van der Waals surface area (Å²) >= 11 is 0. The normalized spacial score (nSPS) is 11.5. The Hall–Kier alpha value is -1.59. The van der Waals surface area contributed by atoms with Crippen molar-refractivity contribution in [1.82, 2.24) is 0 Å². The van der Waals surface area contributed by atoms with E-state index in [0.29, 0.717) is 6.42 Å². The van der Waals surface area contributed by atoms with Crippen LogP contribution in [0.25, 0.3) is 0 Å². The summed E-state index contributed by atoms with van der Waals surface area (Å²) in [5.41, 5.74) is 0. The maximum atomic E-state index is 11.5. The summed E-state index contributed by atoms with van der Waals surface area (Å²) in [5.74, 6) is -1.85. The monoisotopic (exact) mass is 260 g/mol. The average molecular weight is 260 g/mol. The number of rotatable bonds is 8. The summed E-state index contributed by atoms with van der Waals surface area (Å²) in [4.78, 5) is 34.1. The average Bonchev–Trinajstić information content (AvgIpc) is 2.29. The van der Waals surface area contributed by atoms with Gasteiger partial charge in [-0.1, -0.05) is 6.92 Å². The van der Waals surface area contributed by atoms with E-state index in [-0.39, 0.29) is 26.1 Å². The van der Waals surface area contributed by atoms with Gasteiger partial charge in [0.1, 0.15) is 0 Å². The van der Waals surface area contributed by atoms with E-state index in [1.807, 2.05) is 6.92 Å². The summed E-state index contributed by atoms with van der Waals surface area (Å²) in [5, 5.41) is 0. The number of hydrogen-bond donors (Lipinski definition) is 0. The Kier molecular flexibility index (Phi) is 8.61. The lowest BCUT2D eigenvalue weighted by atomic mass is 10.2. The van der Waals surface area contributed by atoms with Crippen LogP contribution in [0.15, 0.2) is 0 Å². The molecule has 0 spiro atoms. The Morgan fingerprint density at radius 1 is 0.944 bits per heavy atom. The van der Waals surface area contributed by atoms with Crippen LogP contribution in [0, 0.1) is 0 Å². The molecule has 0 aromatic heterocycles. The van der Waals surface area contributed by atoms with E-state index in [4.69, 9.17) is 14.2 Å². The van der Waals surface area contributed by atoms with Crippen molar-refractivity contribution < 1.29 is 28.6 Å². The maximum absolute atomic E-state index is 11.5. The molecule has 0 bridgehead atoms. The number of hydrogen-bond acceptors (Lipinski definition) is 6. The van der Waals surface area contributed by atoms with Crippen molar-refractivity contribution in [3.05, 3.63) is 0 Å². The second kappa shape index (κ2) is 9.44. The van der Waals surface area contributed by atoms with Crippen LogP contribution < -0.4 is 0 Å². The Morgan fingerprint density at radius 2 is 1.56 bits per heavy atom. The summed E-state index contributed by atoms with van der Waals surface area (Å²) in [6, 6.07) is 0. The molecule has 0 saturated carbocycles. The van der Waals surface area contributed by atoms with Crippen molar-refractivity contribution in [2.45, 2.75) is 46.1 Å². The molecule has 0 unspecified atom stereocenters. The first-order valence-corrected chi connectivity index (χ1v) is 6.06. The summed E-state index contributed by atoms with van der Waals surface area (Å²) in [6.07, 6.45) is -0.739. The lowest BCUT2D eigenvalue weighted by Gasteiger charge is -2.15. The van der Waals surface area contributed by atoms with Crippen LogP contribution in [0.4, 0.5) is 0 Å². The fourth-order valence-electron chi connectivity index (χ4n) is 1.20. The first kappa shape index (κ1) is 16.4. The van der Waals surface area contributed by atoms with Crippen LogP contribution >= 0.6 is 0 Å². The van der Waals surface area contributed by atoms with Crippen molar-refractivity contribution in [3.63, 3.8) is 0 Å². The highest BCUT2D eigenvalue weighted by Gasteiger charge is 2.27. The first-order valence-electron chi connectivity index (χ1n) is 6.06. The number of carbonyl (C=O) groups excluding carboxylic acids is 3. The standard InChI is InChI=1S/C12H20O6/c1-4-7-10(13)18-9(12(15)17-6-3)8-11(14)16-5-2/h9H,4-8H2,1-3H3/t9-/m1/s1. The predicted molar refractivity (Wildman–Crippen MR) is 62.7 cm³/mol. The molecule has 1 atom stereocenters. The van der Waals surface area contributed by atoms with E-state index in [9.17, 15) is 14.4 Å². The summed E-state index contributed by atoms with van der Waals surface area (Å²) < 4.78 is 14.4. The molecule has 0 fully saturated rings. The van der Waals surface area contributed by atoms with Gasteiger partial charge in [0.2, 0.25) is 6.10 Å². The lowest BCUT2D eigenvalue weighted by molar-refractivity contribution is -0.171. The molecular weight excluding hydrogens is 240 g/mol. The molecule has 0 heterocycles. The largest absolute Gasteiger partial charge is 0.466 e. The van der Waals surface area contributed by atoms with Crippen molar-refractivity contribution in [2.75, 3.05) is 13.2 Å². The highest BCUT2D eigenvalue weighted by atomic mass is 16.6. The van der Waals surface area contributed by atoms with Crippen LogP contribution in [0.3, 0.4) is 0 Å². The van der Waals surface area contributed by atoms with E-state index >= 15 is 0 Å². The molecule has 18 heavy (non-hydrogen) atoms. The lowest BCUT2D eigenvalue weighted by Crippen LogP contribution is -2.32. The molecule has 0 rings (SSSR count). The topological polar surface area (TPSA) is 78.9 Å². The highest BCUT2D eigenvalue weighted by molar-refractivity contribution is 5.84. The van der Waals surface area contributed by atoms with Crippen LogP contribution in [-0.4, -0.2) is 37.2 Å². The van der Waals surface area contributed by atoms with Gasteiger partial charge in [-0.3, -0.25) is 9.59 Å². The molecule has 6 nitrogen and oxygen atoms in total. The fraction of sp³-hybridized carbons (Fsp3) is 0.750. The molecule has 0 aliphatic heterocycles. The zero-order valence-corrected chi connectivity index (χ0v) is 11.1. The van der Waals surface area contributed by atoms with Crippen molar-refractivity contribution in [1.29, 1.82) is 0 Å².